The average Bonchev–Trinajstić information content (AvgIpc) is 3.03. The summed E-state index contributed by atoms with van der Waals surface area (Å²) in [5.41, 5.74) is 1.56. The highest BCUT2D eigenvalue weighted by Gasteiger charge is 2.11. The molecule has 2 heterocycles. The quantitative estimate of drug-likeness (QED) is 0.776. The Morgan fingerprint density at radius 2 is 2.30 bits per heavy atom. The van der Waals surface area contributed by atoms with Crippen molar-refractivity contribution in [3.8, 4) is 5.75 Å². The largest absolute Gasteiger partial charge is 0.435 e. The summed E-state index contributed by atoms with van der Waals surface area (Å²) in [7, 11) is 0. The molecule has 3 rings (SSSR count). The summed E-state index contributed by atoms with van der Waals surface area (Å²) in [6.45, 7) is -0.922. The number of ether oxygens (including phenoxy) is 1. The van der Waals surface area contributed by atoms with Crippen molar-refractivity contribution in [2.75, 3.05) is 5.32 Å². The number of hydrogen-bond donors (Lipinski definition) is 1. The number of alkyl halides is 2. The fourth-order valence-corrected chi connectivity index (χ4v) is 2.90. The zero-order chi connectivity index (χ0) is 16.4. The van der Waals surface area contributed by atoms with Gasteiger partial charge in [-0.25, -0.2) is 4.98 Å². The molecule has 0 radical (unpaired) electrons. The number of thiazole rings is 1. The Morgan fingerprint density at radius 1 is 1.48 bits per heavy atom. The number of benzene rings is 1. The summed E-state index contributed by atoms with van der Waals surface area (Å²) in [4.78, 5) is 16.2. The smallest absolute Gasteiger partial charge is 0.387 e. The number of rotatable bonds is 5. The van der Waals surface area contributed by atoms with Gasteiger partial charge in [-0.1, -0.05) is 11.3 Å². The molecule has 0 saturated heterocycles. The maximum absolute atomic E-state index is 12.2. The summed E-state index contributed by atoms with van der Waals surface area (Å²) in [5.74, 6) is -0.211. The van der Waals surface area contributed by atoms with Crippen LogP contribution in [0.15, 0.2) is 30.6 Å². The Balaban J connectivity index is 1.71. The van der Waals surface area contributed by atoms with Gasteiger partial charge in [-0.05, 0) is 30.7 Å². The van der Waals surface area contributed by atoms with Crippen molar-refractivity contribution in [2.24, 2.45) is 0 Å². The number of hydrogen-bond acceptors (Lipinski definition) is 5. The first-order chi connectivity index (χ1) is 11.0. The van der Waals surface area contributed by atoms with Gasteiger partial charge in [0.25, 0.3) is 0 Å². The molecule has 9 heteroatoms. The van der Waals surface area contributed by atoms with Crippen LogP contribution in [-0.2, 0) is 11.3 Å². The summed E-state index contributed by atoms with van der Waals surface area (Å²) >= 11 is 1.19. The third-order valence-corrected chi connectivity index (χ3v) is 3.83. The molecule has 0 unspecified atom stereocenters. The number of carbonyl (C=O) groups excluding carboxylic acids is 1. The molecule has 0 aliphatic carbocycles. The molecule has 0 spiro atoms. The van der Waals surface area contributed by atoms with Crippen LogP contribution in [0.1, 0.15) is 5.56 Å². The summed E-state index contributed by atoms with van der Waals surface area (Å²) in [6, 6.07) is 4.44. The first-order valence-corrected chi connectivity index (χ1v) is 7.45. The Morgan fingerprint density at radius 3 is 3.00 bits per heavy atom. The number of nitrogens with zero attached hydrogens (tertiary/aromatic N) is 3. The highest BCUT2D eigenvalue weighted by Crippen LogP contribution is 2.29. The first kappa shape index (κ1) is 15.3. The van der Waals surface area contributed by atoms with Gasteiger partial charge in [0.1, 0.15) is 12.3 Å². The number of fused-ring (bicyclic) bond motifs is 1. The highest BCUT2D eigenvalue weighted by molar-refractivity contribution is 7.22. The van der Waals surface area contributed by atoms with E-state index in [1.165, 1.54) is 28.2 Å². The molecule has 0 fully saturated rings. The molecule has 0 aliphatic heterocycles. The number of nitrogens with one attached hydrogen (secondary N) is 1. The molecule has 2 aromatic heterocycles. The molecular weight excluding hydrogens is 326 g/mol. The van der Waals surface area contributed by atoms with E-state index in [9.17, 15) is 13.6 Å². The molecule has 1 amide bonds. The van der Waals surface area contributed by atoms with E-state index in [2.05, 4.69) is 20.1 Å². The minimum absolute atomic E-state index is 0.0565. The van der Waals surface area contributed by atoms with E-state index in [1.807, 2.05) is 6.92 Å². The number of halogens is 2. The van der Waals surface area contributed by atoms with Gasteiger partial charge in [-0.15, -0.1) is 0 Å². The van der Waals surface area contributed by atoms with Crippen molar-refractivity contribution >= 4 is 32.6 Å². The van der Waals surface area contributed by atoms with Crippen molar-refractivity contribution in [3.05, 3.63) is 36.2 Å². The third-order valence-electron chi connectivity index (χ3n) is 2.90. The second-order valence-electron chi connectivity index (χ2n) is 4.79. The van der Waals surface area contributed by atoms with Crippen molar-refractivity contribution in [1.82, 2.24) is 14.8 Å². The lowest BCUT2D eigenvalue weighted by molar-refractivity contribution is -0.116. The number of aryl methyl sites for hydroxylation is 1. The van der Waals surface area contributed by atoms with Gasteiger partial charge >= 0.3 is 6.61 Å². The molecule has 1 aromatic carbocycles. The zero-order valence-electron chi connectivity index (χ0n) is 12.0. The number of anilines is 1. The topological polar surface area (TPSA) is 69.0 Å². The van der Waals surface area contributed by atoms with E-state index in [4.69, 9.17) is 0 Å². The van der Waals surface area contributed by atoms with E-state index in [-0.39, 0.29) is 18.2 Å². The summed E-state index contributed by atoms with van der Waals surface area (Å²) in [5, 5.41) is 7.09. The van der Waals surface area contributed by atoms with E-state index >= 15 is 0 Å². The minimum Gasteiger partial charge on any atom is -0.435 e. The summed E-state index contributed by atoms with van der Waals surface area (Å²) < 4.78 is 30.9. The molecular formula is C14H12F2N4O2S. The minimum atomic E-state index is -2.88. The van der Waals surface area contributed by atoms with Gasteiger partial charge in [0, 0.05) is 6.20 Å². The van der Waals surface area contributed by atoms with Crippen LogP contribution < -0.4 is 10.1 Å². The van der Waals surface area contributed by atoms with Gasteiger partial charge in [0.15, 0.2) is 5.13 Å². The lowest BCUT2D eigenvalue weighted by Crippen LogP contribution is -2.18. The standard InChI is InChI=1S/C14H12F2N4O2S/c1-8-5-17-20(6-8)7-12(21)19-14-18-10-3-2-9(22-13(15)16)4-11(10)23-14/h2-6,13H,7H2,1H3,(H,18,19,21). The maximum atomic E-state index is 12.2. The predicted octanol–water partition coefficient (Wildman–Crippen LogP) is 3.04. The van der Waals surface area contributed by atoms with Gasteiger partial charge in [-0.3, -0.25) is 9.48 Å². The van der Waals surface area contributed by atoms with Crippen molar-refractivity contribution in [3.63, 3.8) is 0 Å². The molecule has 0 atom stereocenters. The Kier molecular flexibility index (Phi) is 4.20. The van der Waals surface area contributed by atoms with E-state index in [0.29, 0.717) is 15.3 Å². The Bertz CT molecular complexity index is 846. The van der Waals surface area contributed by atoms with Crippen LogP contribution >= 0.6 is 11.3 Å². The monoisotopic (exact) mass is 338 g/mol. The first-order valence-electron chi connectivity index (χ1n) is 6.64. The van der Waals surface area contributed by atoms with E-state index in [0.717, 1.165) is 5.56 Å². The fraction of sp³-hybridized carbons (Fsp3) is 0.214. The highest BCUT2D eigenvalue weighted by atomic mass is 32.1. The van der Waals surface area contributed by atoms with Crippen molar-refractivity contribution in [1.29, 1.82) is 0 Å². The SMILES string of the molecule is Cc1cnn(CC(=O)Nc2nc3ccc(OC(F)F)cc3s2)c1. The van der Waals surface area contributed by atoms with Gasteiger partial charge in [0.2, 0.25) is 5.91 Å². The van der Waals surface area contributed by atoms with Crippen LogP contribution in [0, 0.1) is 6.92 Å². The van der Waals surface area contributed by atoms with Gasteiger partial charge < -0.3 is 10.1 Å². The van der Waals surface area contributed by atoms with Crippen LogP contribution in [0.4, 0.5) is 13.9 Å². The molecule has 0 aliphatic rings. The lowest BCUT2D eigenvalue weighted by Gasteiger charge is -2.02. The van der Waals surface area contributed by atoms with Crippen LogP contribution in [0.3, 0.4) is 0 Å². The molecule has 3 aromatic rings. The van der Waals surface area contributed by atoms with Crippen molar-refractivity contribution in [2.45, 2.75) is 20.1 Å². The van der Waals surface area contributed by atoms with E-state index in [1.54, 1.807) is 18.5 Å². The van der Waals surface area contributed by atoms with Crippen LogP contribution in [0.2, 0.25) is 0 Å². The number of carbonyl (C=O) groups is 1. The molecule has 0 bridgehead atoms. The molecule has 6 nitrogen and oxygen atoms in total. The zero-order valence-corrected chi connectivity index (χ0v) is 12.8. The third kappa shape index (κ3) is 3.81. The average molecular weight is 338 g/mol. The number of aromatic nitrogens is 3. The van der Waals surface area contributed by atoms with Crippen LogP contribution in [0.25, 0.3) is 10.2 Å². The predicted molar refractivity (Wildman–Crippen MR) is 81.8 cm³/mol. The molecule has 0 saturated carbocycles. The van der Waals surface area contributed by atoms with E-state index < -0.39 is 6.61 Å². The lowest BCUT2D eigenvalue weighted by atomic mass is 10.3. The fourth-order valence-electron chi connectivity index (χ4n) is 1.99. The van der Waals surface area contributed by atoms with Gasteiger partial charge in [-0.2, -0.15) is 13.9 Å². The Hall–Kier alpha value is -2.55. The molecule has 120 valence electrons. The van der Waals surface area contributed by atoms with Crippen LogP contribution in [0.5, 0.6) is 5.75 Å². The van der Waals surface area contributed by atoms with Gasteiger partial charge in [0.05, 0.1) is 16.4 Å². The number of amides is 1. The maximum Gasteiger partial charge on any atom is 0.387 e. The second-order valence-corrected chi connectivity index (χ2v) is 5.82. The van der Waals surface area contributed by atoms with Crippen molar-refractivity contribution < 1.29 is 18.3 Å². The van der Waals surface area contributed by atoms with Crippen LogP contribution in [-0.4, -0.2) is 27.3 Å². The summed E-state index contributed by atoms with van der Waals surface area (Å²) in [6.07, 6.45) is 3.42. The molecule has 23 heavy (non-hydrogen) atoms. The molecule has 1 N–H and O–H groups in total. The Labute approximate surface area is 133 Å². The second kappa shape index (κ2) is 6.29. The normalized spacial score (nSPS) is 11.1.